The lowest BCUT2D eigenvalue weighted by molar-refractivity contribution is -0.702. The van der Waals surface area contributed by atoms with Crippen molar-refractivity contribution in [3.8, 4) is 5.69 Å². The number of rotatable bonds is 1. The average Bonchev–Trinajstić information content (AvgIpc) is 2.92. The molecule has 21 heavy (non-hydrogen) atoms. The number of para-hydroxylation sites is 1. The largest absolute Gasteiger partial charge is 0.331 e. The lowest BCUT2D eigenvalue weighted by Crippen LogP contribution is -2.83. The molecule has 2 nitrogen and oxygen atoms in total. The number of hydrogen-bond acceptors (Lipinski definition) is 0. The maximum Gasteiger partial charge on any atom is 0.153 e. The Morgan fingerprint density at radius 2 is 1.90 bits per heavy atom. The predicted molar refractivity (Wildman–Crippen MR) is 84.7 cm³/mol. The van der Waals surface area contributed by atoms with Crippen molar-refractivity contribution in [1.29, 1.82) is 0 Å². The van der Waals surface area contributed by atoms with E-state index in [0.29, 0.717) is 0 Å². The molecule has 3 heteroatoms. The summed E-state index contributed by atoms with van der Waals surface area (Å²) in [6.45, 7) is 0.967. The second-order valence-electron chi connectivity index (χ2n) is 5.40. The lowest BCUT2D eigenvalue weighted by Gasteiger charge is -2.15. The molecule has 0 saturated carbocycles. The van der Waals surface area contributed by atoms with Crippen LogP contribution in [0.1, 0.15) is 22.9 Å². The Labute approximate surface area is 129 Å². The van der Waals surface area contributed by atoms with Crippen LogP contribution in [0.3, 0.4) is 0 Å². The van der Waals surface area contributed by atoms with Gasteiger partial charge < -0.3 is 9.88 Å². The molecule has 1 aromatic heterocycles. The number of nitrogens with two attached hydrogens (primary N) is 1. The molecule has 3 aromatic rings. The third kappa shape index (κ3) is 2.17. The molecular formula is C18H16ClN2+. The molecule has 1 aliphatic heterocycles. The van der Waals surface area contributed by atoms with E-state index in [4.69, 9.17) is 11.6 Å². The van der Waals surface area contributed by atoms with Gasteiger partial charge in [0.2, 0.25) is 0 Å². The summed E-state index contributed by atoms with van der Waals surface area (Å²) in [6.07, 6.45) is 2.14. The van der Waals surface area contributed by atoms with Crippen LogP contribution in [0.15, 0.2) is 66.9 Å². The van der Waals surface area contributed by atoms with E-state index in [1.165, 1.54) is 22.5 Å². The van der Waals surface area contributed by atoms with Crippen LogP contribution >= 0.6 is 11.6 Å². The Morgan fingerprint density at radius 3 is 2.81 bits per heavy atom. The second kappa shape index (κ2) is 5.06. The standard InChI is InChI=1S/C18H15ClN2/c19-15-7-3-6-13(11-15)18-17-9-4-10-21(17)16-8-2-1-5-14(16)12-20-18/h1-11,18,20H,12H2/p+1/t18-/m0/s1. The minimum absolute atomic E-state index is 0.270. The molecule has 0 amide bonds. The van der Waals surface area contributed by atoms with E-state index in [1.807, 2.05) is 12.1 Å². The first-order valence-corrected chi connectivity index (χ1v) is 7.55. The Morgan fingerprint density at radius 1 is 1.00 bits per heavy atom. The van der Waals surface area contributed by atoms with E-state index in [-0.39, 0.29) is 6.04 Å². The topological polar surface area (TPSA) is 21.5 Å². The van der Waals surface area contributed by atoms with Crippen molar-refractivity contribution in [1.82, 2.24) is 4.57 Å². The summed E-state index contributed by atoms with van der Waals surface area (Å²) in [5.41, 5.74) is 5.18. The molecule has 0 spiro atoms. The zero-order valence-corrected chi connectivity index (χ0v) is 12.3. The summed E-state index contributed by atoms with van der Waals surface area (Å²) in [7, 11) is 0. The van der Waals surface area contributed by atoms with Crippen molar-refractivity contribution in [2.45, 2.75) is 12.6 Å². The summed E-state index contributed by atoms with van der Waals surface area (Å²) in [5, 5.41) is 3.17. The Hall–Kier alpha value is -2.03. The van der Waals surface area contributed by atoms with Crippen LogP contribution in [0, 0.1) is 0 Å². The molecule has 1 atom stereocenters. The molecule has 0 aliphatic carbocycles. The first-order chi connectivity index (χ1) is 10.3. The van der Waals surface area contributed by atoms with Crippen LogP contribution in [0.4, 0.5) is 0 Å². The van der Waals surface area contributed by atoms with Crippen LogP contribution < -0.4 is 5.32 Å². The number of aromatic nitrogens is 1. The van der Waals surface area contributed by atoms with Gasteiger partial charge in [-0.2, -0.15) is 0 Å². The minimum Gasteiger partial charge on any atom is -0.331 e. The molecule has 1 aliphatic rings. The van der Waals surface area contributed by atoms with Crippen LogP contribution in [0.5, 0.6) is 0 Å². The van der Waals surface area contributed by atoms with Gasteiger partial charge >= 0.3 is 0 Å². The smallest absolute Gasteiger partial charge is 0.153 e. The summed E-state index contributed by atoms with van der Waals surface area (Å²) in [6, 6.07) is 21.3. The van der Waals surface area contributed by atoms with Gasteiger partial charge in [-0.05, 0) is 30.3 Å². The van der Waals surface area contributed by atoms with Crippen LogP contribution in [-0.4, -0.2) is 4.57 Å². The van der Waals surface area contributed by atoms with E-state index < -0.39 is 0 Å². The normalized spacial score (nSPS) is 16.9. The van der Waals surface area contributed by atoms with E-state index in [1.54, 1.807) is 0 Å². The molecular weight excluding hydrogens is 280 g/mol. The zero-order valence-electron chi connectivity index (χ0n) is 11.5. The van der Waals surface area contributed by atoms with Crippen molar-refractivity contribution in [2.75, 3.05) is 0 Å². The molecule has 104 valence electrons. The highest BCUT2D eigenvalue weighted by Crippen LogP contribution is 2.27. The molecule has 0 saturated heterocycles. The number of benzene rings is 2. The van der Waals surface area contributed by atoms with Crippen molar-refractivity contribution in [3.05, 3.63) is 88.7 Å². The maximum atomic E-state index is 6.17. The fourth-order valence-corrected chi connectivity index (χ4v) is 3.36. The van der Waals surface area contributed by atoms with Crippen molar-refractivity contribution in [3.63, 3.8) is 0 Å². The lowest BCUT2D eigenvalue weighted by atomic mass is 10.0. The van der Waals surface area contributed by atoms with Gasteiger partial charge in [0, 0.05) is 22.3 Å². The average molecular weight is 296 g/mol. The van der Waals surface area contributed by atoms with Gasteiger partial charge in [0.1, 0.15) is 6.54 Å². The van der Waals surface area contributed by atoms with Crippen molar-refractivity contribution >= 4 is 11.6 Å². The van der Waals surface area contributed by atoms with Crippen LogP contribution in [0.25, 0.3) is 5.69 Å². The van der Waals surface area contributed by atoms with Gasteiger partial charge in [-0.25, -0.2) is 0 Å². The summed E-state index contributed by atoms with van der Waals surface area (Å²) < 4.78 is 2.30. The summed E-state index contributed by atoms with van der Waals surface area (Å²) in [5.74, 6) is 0. The van der Waals surface area contributed by atoms with E-state index in [0.717, 1.165) is 11.6 Å². The molecule has 0 unspecified atom stereocenters. The number of hydrogen-bond donors (Lipinski definition) is 1. The molecule has 0 fully saturated rings. The first-order valence-electron chi connectivity index (χ1n) is 7.17. The van der Waals surface area contributed by atoms with Gasteiger partial charge in [-0.1, -0.05) is 41.9 Å². The van der Waals surface area contributed by atoms with E-state index in [2.05, 4.69) is 64.6 Å². The molecule has 4 rings (SSSR count). The first kappa shape index (κ1) is 12.7. The number of nitrogens with zero attached hydrogens (tertiary/aromatic N) is 1. The highest BCUT2D eigenvalue weighted by molar-refractivity contribution is 6.30. The Balaban J connectivity index is 1.87. The molecule has 2 N–H and O–H groups in total. The summed E-state index contributed by atoms with van der Waals surface area (Å²) >= 11 is 6.17. The van der Waals surface area contributed by atoms with Gasteiger partial charge in [0.25, 0.3) is 0 Å². The number of halogens is 1. The maximum absolute atomic E-state index is 6.17. The minimum atomic E-state index is 0.270. The third-order valence-corrected chi connectivity index (χ3v) is 4.37. The van der Waals surface area contributed by atoms with Crippen LogP contribution in [-0.2, 0) is 6.54 Å². The third-order valence-electron chi connectivity index (χ3n) is 4.13. The Kier molecular flexibility index (Phi) is 3.06. The molecule has 2 aromatic carbocycles. The molecule has 2 heterocycles. The fourth-order valence-electron chi connectivity index (χ4n) is 3.16. The SMILES string of the molecule is Clc1cccc([C@@H]2[NH2+]Cc3ccccc3-n3cccc32)c1. The second-order valence-corrected chi connectivity index (χ2v) is 5.84. The van der Waals surface area contributed by atoms with Crippen LogP contribution in [0.2, 0.25) is 5.02 Å². The Bertz CT molecular complexity index is 791. The highest BCUT2D eigenvalue weighted by Gasteiger charge is 2.25. The monoisotopic (exact) mass is 295 g/mol. The van der Waals surface area contributed by atoms with Crippen molar-refractivity contribution < 1.29 is 5.32 Å². The highest BCUT2D eigenvalue weighted by atomic mass is 35.5. The van der Waals surface area contributed by atoms with Crippen molar-refractivity contribution in [2.24, 2.45) is 0 Å². The quantitative estimate of drug-likeness (QED) is 0.711. The summed E-state index contributed by atoms with van der Waals surface area (Å²) in [4.78, 5) is 0. The molecule has 0 radical (unpaired) electrons. The number of quaternary nitrogens is 1. The van der Waals surface area contributed by atoms with E-state index in [9.17, 15) is 0 Å². The predicted octanol–water partition coefficient (Wildman–Crippen LogP) is 3.30. The number of fused-ring (bicyclic) bond motifs is 3. The van der Waals surface area contributed by atoms with Gasteiger partial charge in [-0.15, -0.1) is 0 Å². The fraction of sp³-hybridized carbons (Fsp3) is 0.111. The van der Waals surface area contributed by atoms with E-state index >= 15 is 0 Å². The molecule has 0 bridgehead atoms. The van der Waals surface area contributed by atoms with Gasteiger partial charge in [0.05, 0.1) is 11.4 Å². The van der Waals surface area contributed by atoms with Gasteiger partial charge in [0.15, 0.2) is 6.04 Å². The zero-order chi connectivity index (χ0) is 14.2. The van der Waals surface area contributed by atoms with Gasteiger partial charge in [-0.3, -0.25) is 0 Å².